The van der Waals surface area contributed by atoms with Gasteiger partial charge in [0, 0.05) is 30.5 Å². The van der Waals surface area contributed by atoms with Gasteiger partial charge in [-0.1, -0.05) is 24.3 Å². The number of aromatic nitrogens is 1. The number of halogens is 2. The van der Waals surface area contributed by atoms with Crippen molar-refractivity contribution in [3.63, 3.8) is 0 Å². The van der Waals surface area contributed by atoms with E-state index in [0.29, 0.717) is 12.0 Å². The number of rotatable bonds is 7. The molecule has 1 aromatic carbocycles. The van der Waals surface area contributed by atoms with Crippen LogP contribution in [0.4, 0.5) is 8.78 Å². The highest BCUT2D eigenvalue weighted by Gasteiger charge is 2.15. The topological polar surface area (TPSA) is 40.6 Å². The summed E-state index contributed by atoms with van der Waals surface area (Å²) in [6, 6.07) is 7.13. The summed E-state index contributed by atoms with van der Waals surface area (Å²) >= 11 is 0. The molecule has 0 aliphatic carbocycles. The molecule has 0 saturated carbocycles. The van der Waals surface area contributed by atoms with Crippen molar-refractivity contribution < 1.29 is 23.0 Å². The van der Waals surface area contributed by atoms with Gasteiger partial charge < -0.3 is 14.2 Å². The molecule has 1 heterocycles. The maximum atomic E-state index is 13.1. The second-order valence-electron chi connectivity index (χ2n) is 4.16. The summed E-state index contributed by atoms with van der Waals surface area (Å²) in [5, 5.41) is 1.41. The maximum Gasteiger partial charge on any atom is 0.312 e. The van der Waals surface area contributed by atoms with E-state index >= 15 is 0 Å². The molecular formula is C15H15F2NO3. The fourth-order valence-corrected chi connectivity index (χ4v) is 1.83. The third kappa shape index (κ3) is 3.96. The Morgan fingerprint density at radius 2 is 1.95 bits per heavy atom. The third-order valence-corrected chi connectivity index (χ3v) is 2.80. The van der Waals surface area contributed by atoms with E-state index in [1.54, 1.807) is 24.4 Å². The Hall–Kier alpha value is -2.05. The Bertz CT molecular complexity index is 622. The highest BCUT2D eigenvalue weighted by Crippen LogP contribution is 2.28. The van der Waals surface area contributed by atoms with Gasteiger partial charge >= 0.3 is 6.08 Å². The van der Waals surface area contributed by atoms with Gasteiger partial charge in [-0.3, -0.25) is 4.98 Å². The van der Waals surface area contributed by atoms with E-state index < -0.39 is 11.8 Å². The highest BCUT2D eigenvalue weighted by atomic mass is 19.3. The third-order valence-electron chi connectivity index (χ3n) is 2.80. The van der Waals surface area contributed by atoms with Gasteiger partial charge in [0.1, 0.15) is 0 Å². The number of hydrogen-bond donors (Lipinski definition) is 0. The van der Waals surface area contributed by atoms with Crippen LogP contribution in [0.1, 0.15) is 5.56 Å². The second-order valence-corrected chi connectivity index (χ2v) is 4.16. The van der Waals surface area contributed by atoms with E-state index in [1.807, 2.05) is 6.07 Å². The van der Waals surface area contributed by atoms with Crippen LogP contribution in [0, 0.1) is 0 Å². The summed E-state index contributed by atoms with van der Waals surface area (Å²) in [7, 11) is 1.53. The molecule has 0 radical (unpaired) electrons. The van der Waals surface area contributed by atoms with E-state index in [4.69, 9.17) is 14.2 Å². The molecule has 0 fully saturated rings. The Balaban J connectivity index is 2.20. The minimum Gasteiger partial charge on any atom is -0.461 e. The van der Waals surface area contributed by atoms with Gasteiger partial charge in [-0.15, -0.1) is 0 Å². The number of fused-ring (bicyclic) bond motifs is 1. The van der Waals surface area contributed by atoms with Crippen molar-refractivity contribution in [3.05, 3.63) is 48.3 Å². The lowest BCUT2D eigenvalue weighted by molar-refractivity contribution is -0.0236. The molecule has 112 valence electrons. The quantitative estimate of drug-likeness (QED) is 0.446. The van der Waals surface area contributed by atoms with E-state index in [-0.39, 0.29) is 19.0 Å². The first kappa shape index (κ1) is 15.3. The molecule has 0 spiro atoms. The second kappa shape index (κ2) is 7.66. The van der Waals surface area contributed by atoms with Crippen LogP contribution in [0.2, 0.25) is 0 Å². The summed E-state index contributed by atoms with van der Waals surface area (Å²) in [6.07, 6.45) is 1.05. The monoisotopic (exact) mass is 295 g/mol. The fourth-order valence-electron chi connectivity index (χ4n) is 1.83. The van der Waals surface area contributed by atoms with Crippen molar-refractivity contribution in [2.45, 2.75) is 0 Å². The number of benzene rings is 1. The largest absolute Gasteiger partial charge is 0.461 e. The Labute approximate surface area is 121 Å². The smallest absolute Gasteiger partial charge is 0.312 e. The highest BCUT2D eigenvalue weighted by molar-refractivity contribution is 5.91. The standard InChI is InChI=1S/C15H15F2NO3/c1-19-6-7-20-10-21-14(15(16)17)13-9-18-8-11-4-2-3-5-12(11)13/h2-5,8-9H,6-7,10H2,1H3. The van der Waals surface area contributed by atoms with Gasteiger partial charge in [0.15, 0.2) is 12.6 Å². The molecule has 6 heteroatoms. The zero-order valence-electron chi connectivity index (χ0n) is 11.5. The first-order valence-corrected chi connectivity index (χ1v) is 6.32. The molecule has 2 aromatic rings. The van der Waals surface area contributed by atoms with Crippen LogP contribution < -0.4 is 0 Å². The lowest BCUT2D eigenvalue weighted by Crippen LogP contribution is -2.06. The van der Waals surface area contributed by atoms with Crippen molar-refractivity contribution >= 4 is 16.5 Å². The Morgan fingerprint density at radius 1 is 1.14 bits per heavy atom. The molecule has 0 amide bonds. The molecule has 0 bridgehead atoms. The predicted molar refractivity (Wildman–Crippen MR) is 74.7 cm³/mol. The zero-order valence-corrected chi connectivity index (χ0v) is 11.5. The molecule has 21 heavy (non-hydrogen) atoms. The van der Waals surface area contributed by atoms with Crippen molar-refractivity contribution in [1.82, 2.24) is 4.98 Å². The molecular weight excluding hydrogens is 280 g/mol. The lowest BCUT2D eigenvalue weighted by Gasteiger charge is -2.11. The fraction of sp³-hybridized carbons (Fsp3) is 0.267. The molecule has 4 nitrogen and oxygen atoms in total. The average molecular weight is 295 g/mol. The van der Waals surface area contributed by atoms with Crippen LogP contribution in [-0.2, 0) is 14.2 Å². The lowest BCUT2D eigenvalue weighted by atomic mass is 10.1. The van der Waals surface area contributed by atoms with Gasteiger partial charge in [0.2, 0.25) is 0 Å². The van der Waals surface area contributed by atoms with Gasteiger partial charge in [-0.2, -0.15) is 8.78 Å². The van der Waals surface area contributed by atoms with Crippen LogP contribution in [0.25, 0.3) is 16.5 Å². The van der Waals surface area contributed by atoms with Gasteiger partial charge in [0.05, 0.1) is 13.2 Å². The van der Waals surface area contributed by atoms with E-state index in [1.165, 1.54) is 13.3 Å². The number of nitrogens with zero attached hydrogens (tertiary/aromatic N) is 1. The first-order valence-electron chi connectivity index (χ1n) is 6.32. The number of pyridine rings is 1. The molecule has 1 aromatic heterocycles. The Morgan fingerprint density at radius 3 is 2.71 bits per heavy atom. The van der Waals surface area contributed by atoms with Crippen molar-refractivity contribution in [2.24, 2.45) is 0 Å². The molecule has 2 rings (SSSR count). The van der Waals surface area contributed by atoms with Gasteiger partial charge in [-0.05, 0) is 5.39 Å². The van der Waals surface area contributed by atoms with Crippen LogP contribution in [0.5, 0.6) is 0 Å². The first-order chi connectivity index (χ1) is 10.2. The molecule has 0 unspecified atom stereocenters. The van der Waals surface area contributed by atoms with E-state index in [9.17, 15) is 8.78 Å². The summed E-state index contributed by atoms with van der Waals surface area (Å²) in [5.74, 6) is -0.517. The average Bonchev–Trinajstić information content (AvgIpc) is 2.50. The summed E-state index contributed by atoms with van der Waals surface area (Å²) in [4.78, 5) is 3.97. The van der Waals surface area contributed by atoms with E-state index in [0.717, 1.165) is 5.39 Å². The number of hydrogen-bond acceptors (Lipinski definition) is 4. The SMILES string of the molecule is COCCOCOC(=C(F)F)c1cncc2ccccc12. The minimum absolute atomic E-state index is 0.239. The van der Waals surface area contributed by atoms with Crippen LogP contribution in [0.15, 0.2) is 42.7 Å². The van der Waals surface area contributed by atoms with Crippen LogP contribution in [-0.4, -0.2) is 32.1 Å². The summed E-state index contributed by atoms with van der Waals surface area (Å²) in [6.45, 7) is 0.362. The summed E-state index contributed by atoms with van der Waals surface area (Å²) in [5.41, 5.74) is 0.239. The predicted octanol–water partition coefficient (Wildman–Crippen LogP) is 3.44. The zero-order chi connectivity index (χ0) is 15.1. The molecule has 0 aliphatic heterocycles. The van der Waals surface area contributed by atoms with E-state index in [2.05, 4.69) is 4.98 Å². The Kier molecular flexibility index (Phi) is 5.59. The maximum absolute atomic E-state index is 13.1. The van der Waals surface area contributed by atoms with Gasteiger partial charge in [0.25, 0.3) is 0 Å². The van der Waals surface area contributed by atoms with Crippen molar-refractivity contribution in [2.75, 3.05) is 27.1 Å². The number of ether oxygens (including phenoxy) is 3. The van der Waals surface area contributed by atoms with Crippen LogP contribution >= 0.6 is 0 Å². The molecule has 0 N–H and O–H groups in total. The minimum atomic E-state index is -1.91. The van der Waals surface area contributed by atoms with Gasteiger partial charge in [-0.25, -0.2) is 0 Å². The molecule has 0 aliphatic rings. The van der Waals surface area contributed by atoms with Crippen molar-refractivity contribution in [1.29, 1.82) is 0 Å². The normalized spacial score (nSPS) is 10.6. The van der Waals surface area contributed by atoms with Crippen molar-refractivity contribution in [3.8, 4) is 0 Å². The number of methoxy groups -OCH3 is 1. The summed E-state index contributed by atoms with van der Waals surface area (Å²) < 4.78 is 41.2. The molecule has 0 atom stereocenters. The van der Waals surface area contributed by atoms with Crippen LogP contribution in [0.3, 0.4) is 0 Å². The molecule has 0 saturated heterocycles.